The predicted molar refractivity (Wildman–Crippen MR) is 141 cm³/mol. The number of amides is 4. The summed E-state index contributed by atoms with van der Waals surface area (Å²) >= 11 is 0. The Hall–Kier alpha value is -4.21. The minimum absolute atomic E-state index is 0.0682. The molecule has 0 spiro atoms. The standard InChI is InChI=1S/C23H40N10O6/c1-12(2)8-14(24)19(35)31-15(4-3-7-29-23(26)27)20(36)33-17(9-13-10-28-11-30-13)21(37)32-16(22(38)39)5-6-18(25)34/h10-12,14-17H,3-9,24H2,1-2H3,(H2,25,34)(H,28,30)(H,31,35)(H,32,37)(H,33,36)(H,38,39)(H4,26,27,29). The number of rotatable bonds is 18. The second-order valence-electron chi connectivity index (χ2n) is 9.49. The molecule has 1 aromatic heterocycles. The zero-order valence-electron chi connectivity index (χ0n) is 22.2. The average Bonchev–Trinajstić information content (AvgIpc) is 3.35. The molecule has 39 heavy (non-hydrogen) atoms. The summed E-state index contributed by atoms with van der Waals surface area (Å²) in [7, 11) is 0. The van der Waals surface area contributed by atoms with Crippen molar-refractivity contribution in [3.05, 3.63) is 18.2 Å². The van der Waals surface area contributed by atoms with E-state index in [0.29, 0.717) is 18.5 Å². The molecule has 0 fully saturated rings. The zero-order chi connectivity index (χ0) is 29.5. The highest BCUT2D eigenvalue weighted by Crippen LogP contribution is 2.07. The van der Waals surface area contributed by atoms with E-state index in [-0.39, 0.29) is 44.1 Å². The summed E-state index contributed by atoms with van der Waals surface area (Å²) in [5, 5.41) is 17.0. The van der Waals surface area contributed by atoms with Crippen LogP contribution in [0, 0.1) is 5.92 Å². The van der Waals surface area contributed by atoms with Gasteiger partial charge in [0.15, 0.2) is 5.96 Å². The predicted octanol–water partition coefficient (Wildman–Crippen LogP) is -2.82. The van der Waals surface area contributed by atoms with E-state index in [2.05, 4.69) is 30.9 Å². The van der Waals surface area contributed by atoms with Crippen molar-refractivity contribution in [3.8, 4) is 0 Å². The topological polar surface area (TPSA) is 287 Å². The number of aromatic nitrogens is 2. The number of nitrogens with one attached hydrogen (secondary N) is 4. The van der Waals surface area contributed by atoms with Gasteiger partial charge in [0.05, 0.1) is 12.4 Å². The van der Waals surface area contributed by atoms with Crippen LogP contribution < -0.4 is 38.9 Å². The molecule has 1 rings (SSSR count). The number of nitrogens with two attached hydrogens (primary N) is 4. The first-order chi connectivity index (χ1) is 18.3. The monoisotopic (exact) mass is 552 g/mol. The molecule has 218 valence electrons. The molecule has 0 saturated carbocycles. The normalized spacial score (nSPS) is 13.9. The third-order valence-electron chi connectivity index (χ3n) is 5.55. The SMILES string of the molecule is CC(C)CC(N)C(=O)NC(CCCN=C(N)N)C(=O)NC(Cc1cnc[nH]1)C(=O)NC(CCC(N)=O)C(=O)O. The molecule has 1 aromatic rings. The van der Waals surface area contributed by atoms with Crippen LogP contribution in [0.25, 0.3) is 0 Å². The lowest BCUT2D eigenvalue weighted by Gasteiger charge is -2.25. The van der Waals surface area contributed by atoms with Gasteiger partial charge < -0.3 is 49.0 Å². The van der Waals surface area contributed by atoms with Gasteiger partial charge in [-0.15, -0.1) is 0 Å². The van der Waals surface area contributed by atoms with E-state index in [1.54, 1.807) is 0 Å². The molecule has 0 bridgehead atoms. The lowest BCUT2D eigenvalue weighted by Crippen LogP contribution is -2.57. The number of imidazole rings is 1. The number of hydrogen-bond acceptors (Lipinski definition) is 8. The Morgan fingerprint density at radius 1 is 0.974 bits per heavy atom. The van der Waals surface area contributed by atoms with E-state index in [1.165, 1.54) is 12.5 Å². The van der Waals surface area contributed by atoms with Crippen molar-refractivity contribution in [2.24, 2.45) is 33.8 Å². The van der Waals surface area contributed by atoms with Gasteiger partial charge in [-0.1, -0.05) is 13.8 Å². The van der Waals surface area contributed by atoms with Gasteiger partial charge in [-0.3, -0.25) is 24.2 Å². The molecule has 16 heteroatoms. The number of hydrogen-bond donors (Lipinski definition) is 9. The molecule has 4 amide bonds. The van der Waals surface area contributed by atoms with Crippen LogP contribution in [-0.4, -0.2) is 81.3 Å². The summed E-state index contributed by atoms with van der Waals surface area (Å²) in [5.74, 6) is -4.16. The summed E-state index contributed by atoms with van der Waals surface area (Å²) in [6.07, 6.45) is 3.07. The number of aliphatic imine (C=N–C) groups is 1. The molecular formula is C23H40N10O6. The first-order valence-electron chi connectivity index (χ1n) is 12.5. The first-order valence-corrected chi connectivity index (χ1v) is 12.5. The molecule has 13 N–H and O–H groups in total. The number of H-pyrrole nitrogens is 1. The lowest BCUT2D eigenvalue weighted by molar-refractivity contribution is -0.142. The van der Waals surface area contributed by atoms with E-state index in [1.807, 2.05) is 13.8 Å². The van der Waals surface area contributed by atoms with Crippen LogP contribution in [0.2, 0.25) is 0 Å². The molecule has 0 radical (unpaired) electrons. The summed E-state index contributed by atoms with van der Waals surface area (Å²) in [5.41, 5.74) is 22.2. The smallest absolute Gasteiger partial charge is 0.326 e. The molecule has 0 aromatic carbocycles. The maximum Gasteiger partial charge on any atom is 0.326 e. The minimum Gasteiger partial charge on any atom is -0.480 e. The summed E-state index contributed by atoms with van der Waals surface area (Å²) < 4.78 is 0. The Bertz CT molecular complexity index is 994. The molecule has 4 atom stereocenters. The lowest BCUT2D eigenvalue weighted by atomic mass is 10.0. The second-order valence-corrected chi connectivity index (χ2v) is 9.49. The Balaban J connectivity index is 3.10. The minimum atomic E-state index is -1.42. The summed E-state index contributed by atoms with van der Waals surface area (Å²) in [6.45, 7) is 4.00. The van der Waals surface area contributed by atoms with E-state index >= 15 is 0 Å². The number of primary amides is 1. The molecular weight excluding hydrogens is 512 g/mol. The van der Waals surface area contributed by atoms with Crippen LogP contribution in [0.3, 0.4) is 0 Å². The Kier molecular flexibility index (Phi) is 14.0. The van der Waals surface area contributed by atoms with Crippen LogP contribution in [-0.2, 0) is 30.4 Å². The molecule has 4 unspecified atom stereocenters. The largest absolute Gasteiger partial charge is 0.480 e. The Morgan fingerprint density at radius 3 is 2.13 bits per heavy atom. The maximum atomic E-state index is 13.3. The summed E-state index contributed by atoms with van der Waals surface area (Å²) in [6, 6.07) is -4.62. The Labute approximate surface area is 226 Å². The molecule has 0 aliphatic rings. The van der Waals surface area contributed by atoms with Crippen molar-refractivity contribution in [1.29, 1.82) is 0 Å². The van der Waals surface area contributed by atoms with Gasteiger partial charge >= 0.3 is 5.97 Å². The van der Waals surface area contributed by atoms with Gasteiger partial charge in [0.25, 0.3) is 0 Å². The highest BCUT2D eigenvalue weighted by atomic mass is 16.4. The number of aromatic amines is 1. The van der Waals surface area contributed by atoms with Crippen LogP contribution in [0.5, 0.6) is 0 Å². The fourth-order valence-electron chi connectivity index (χ4n) is 3.58. The summed E-state index contributed by atoms with van der Waals surface area (Å²) in [4.78, 5) is 72.3. The van der Waals surface area contributed by atoms with Crippen molar-refractivity contribution in [1.82, 2.24) is 25.9 Å². The number of carboxylic acids is 1. The second kappa shape index (κ2) is 16.6. The fourth-order valence-corrected chi connectivity index (χ4v) is 3.58. The highest BCUT2D eigenvalue weighted by molar-refractivity contribution is 5.94. The highest BCUT2D eigenvalue weighted by Gasteiger charge is 2.31. The van der Waals surface area contributed by atoms with Crippen molar-refractivity contribution >= 4 is 35.6 Å². The van der Waals surface area contributed by atoms with E-state index in [9.17, 15) is 29.1 Å². The van der Waals surface area contributed by atoms with Crippen LogP contribution in [0.4, 0.5) is 0 Å². The molecule has 0 aliphatic carbocycles. The van der Waals surface area contributed by atoms with Gasteiger partial charge in [0.1, 0.15) is 18.1 Å². The van der Waals surface area contributed by atoms with Crippen molar-refractivity contribution in [3.63, 3.8) is 0 Å². The van der Waals surface area contributed by atoms with Gasteiger partial charge in [-0.05, 0) is 31.6 Å². The number of carboxylic acid groups (broad SMARTS) is 1. The van der Waals surface area contributed by atoms with Crippen molar-refractivity contribution in [2.75, 3.05) is 6.54 Å². The zero-order valence-corrected chi connectivity index (χ0v) is 22.2. The van der Waals surface area contributed by atoms with E-state index in [0.717, 1.165) is 0 Å². The van der Waals surface area contributed by atoms with Gasteiger partial charge in [-0.25, -0.2) is 9.78 Å². The van der Waals surface area contributed by atoms with Crippen LogP contribution in [0.15, 0.2) is 17.5 Å². The number of aliphatic carboxylic acids is 1. The molecule has 0 saturated heterocycles. The molecule has 1 heterocycles. The average molecular weight is 553 g/mol. The van der Waals surface area contributed by atoms with Gasteiger partial charge in [0.2, 0.25) is 23.6 Å². The number of carbonyl (C=O) groups excluding carboxylic acids is 4. The number of nitrogens with zero attached hydrogens (tertiary/aromatic N) is 2. The van der Waals surface area contributed by atoms with E-state index in [4.69, 9.17) is 22.9 Å². The van der Waals surface area contributed by atoms with E-state index < -0.39 is 53.8 Å². The third kappa shape index (κ3) is 13.2. The third-order valence-corrected chi connectivity index (χ3v) is 5.55. The van der Waals surface area contributed by atoms with Crippen LogP contribution >= 0.6 is 0 Å². The first kappa shape index (κ1) is 32.8. The number of guanidine groups is 1. The van der Waals surface area contributed by atoms with Gasteiger partial charge in [0, 0.05) is 31.3 Å². The number of carbonyl (C=O) groups is 5. The molecule has 0 aliphatic heterocycles. The maximum absolute atomic E-state index is 13.3. The van der Waals surface area contributed by atoms with Crippen LogP contribution in [0.1, 0.15) is 51.6 Å². The van der Waals surface area contributed by atoms with Crippen molar-refractivity contribution in [2.45, 2.75) is 76.5 Å². The quantitative estimate of drug-likeness (QED) is 0.0511. The Morgan fingerprint density at radius 2 is 1.59 bits per heavy atom. The fraction of sp³-hybridized carbons (Fsp3) is 0.609. The van der Waals surface area contributed by atoms with Gasteiger partial charge in [-0.2, -0.15) is 0 Å². The molecule has 16 nitrogen and oxygen atoms in total. The van der Waals surface area contributed by atoms with Crippen molar-refractivity contribution < 1.29 is 29.1 Å².